The first kappa shape index (κ1) is 13.2. The molecular weight excluding hydrogens is 264 g/mol. The van der Waals surface area contributed by atoms with Crippen molar-refractivity contribution >= 4 is 5.82 Å². The van der Waals surface area contributed by atoms with E-state index in [9.17, 15) is 5.11 Å². The summed E-state index contributed by atoms with van der Waals surface area (Å²) in [7, 11) is 1.85. The number of aryl methyl sites for hydroxylation is 1. The van der Waals surface area contributed by atoms with Gasteiger partial charge in [-0.05, 0) is 29.8 Å². The number of benzene rings is 2. The largest absolute Gasteiger partial charge is 0.508 e. The molecule has 0 saturated carbocycles. The Hall–Kier alpha value is -2.82. The molecule has 0 aliphatic carbocycles. The van der Waals surface area contributed by atoms with Gasteiger partial charge in [-0.3, -0.25) is 0 Å². The molecule has 0 amide bonds. The van der Waals surface area contributed by atoms with Gasteiger partial charge in [0.2, 0.25) is 0 Å². The Morgan fingerprint density at radius 2 is 1.76 bits per heavy atom. The number of aromatic hydroxyl groups is 1. The Bertz CT molecular complexity index is 720. The molecule has 0 aliphatic heterocycles. The van der Waals surface area contributed by atoms with Crippen LogP contribution in [0.5, 0.6) is 5.75 Å². The Balaban J connectivity index is 1.85. The molecule has 0 fully saturated rings. The van der Waals surface area contributed by atoms with Crippen molar-refractivity contribution in [2.75, 3.05) is 5.32 Å². The maximum Gasteiger partial charge on any atom is 0.152 e. The molecule has 1 aromatic heterocycles. The van der Waals surface area contributed by atoms with Gasteiger partial charge in [-0.15, -0.1) is 5.10 Å². The van der Waals surface area contributed by atoms with Crippen LogP contribution >= 0.6 is 0 Å². The molecule has 0 spiro atoms. The van der Waals surface area contributed by atoms with Gasteiger partial charge in [0.15, 0.2) is 5.82 Å². The fraction of sp³-hybridized carbons (Fsp3) is 0.125. The lowest BCUT2D eigenvalue weighted by Gasteiger charge is -2.08. The van der Waals surface area contributed by atoms with Crippen LogP contribution in [-0.2, 0) is 13.6 Å². The minimum Gasteiger partial charge on any atom is -0.508 e. The van der Waals surface area contributed by atoms with Gasteiger partial charge in [0.25, 0.3) is 0 Å². The zero-order valence-corrected chi connectivity index (χ0v) is 11.7. The van der Waals surface area contributed by atoms with Gasteiger partial charge in [-0.2, -0.15) is 0 Å². The molecule has 0 unspecified atom stereocenters. The summed E-state index contributed by atoms with van der Waals surface area (Å²) < 4.78 is 1.71. The van der Waals surface area contributed by atoms with Crippen molar-refractivity contribution in [2.24, 2.45) is 7.05 Å². The Kier molecular flexibility index (Phi) is 3.55. The topological polar surface area (TPSA) is 63.0 Å². The Labute approximate surface area is 122 Å². The van der Waals surface area contributed by atoms with Crippen LogP contribution in [0.2, 0.25) is 0 Å². The van der Waals surface area contributed by atoms with E-state index in [-0.39, 0.29) is 5.75 Å². The second-order valence-corrected chi connectivity index (χ2v) is 4.80. The van der Waals surface area contributed by atoms with Crippen LogP contribution in [0.3, 0.4) is 0 Å². The molecule has 21 heavy (non-hydrogen) atoms. The summed E-state index contributed by atoms with van der Waals surface area (Å²) in [5, 5.41) is 21.0. The molecule has 1 heterocycles. The van der Waals surface area contributed by atoms with Crippen molar-refractivity contribution in [3.63, 3.8) is 0 Å². The number of anilines is 1. The van der Waals surface area contributed by atoms with Crippen LogP contribution in [0.1, 0.15) is 5.56 Å². The molecule has 5 nitrogen and oxygen atoms in total. The van der Waals surface area contributed by atoms with Crippen LogP contribution in [-0.4, -0.2) is 20.1 Å². The van der Waals surface area contributed by atoms with Gasteiger partial charge in [-0.1, -0.05) is 35.5 Å². The monoisotopic (exact) mass is 280 g/mol. The van der Waals surface area contributed by atoms with Crippen LogP contribution in [0.15, 0.2) is 54.6 Å². The van der Waals surface area contributed by atoms with Gasteiger partial charge >= 0.3 is 0 Å². The lowest BCUT2D eigenvalue weighted by molar-refractivity contribution is 0.475. The molecule has 0 aliphatic rings. The third-order valence-electron chi connectivity index (χ3n) is 3.27. The number of phenols is 1. The molecule has 3 aromatic rings. The fourth-order valence-corrected chi connectivity index (χ4v) is 2.15. The molecule has 0 bridgehead atoms. The number of phenolic OH excluding ortho intramolecular Hbond substituents is 1. The number of nitrogens with one attached hydrogen (secondary N) is 1. The van der Waals surface area contributed by atoms with E-state index in [0.29, 0.717) is 6.54 Å². The molecule has 106 valence electrons. The highest BCUT2D eigenvalue weighted by Crippen LogP contribution is 2.26. The Morgan fingerprint density at radius 3 is 2.48 bits per heavy atom. The fourth-order valence-electron chi connectivity index (χ4n) is 2.15. The van der Waals surface area contributed by atoms with E-state index < -0.39 is 0 Å². The highest BCUT2D eigenvalue weighted by atomic mass is 16.3. The van der Waals surface area contributed by atoms with E-state index in [1.54, 1.807) is 16.8 Å². The van der Waals surface area contributed by atoms with E-state index in [1.807, 2.05) is 37.4 Å². The van der Waals surface area contributed by atoms with Crippen molar-refractivity contribution in [3.05, 3.63) is 60.2 Å². The SMILES string of the molecule is Cn1nnc(-c2ccc(O)cc2)c1NCc1ccccc1. The summed E-state index contributed by atoms with van der Waals surface area (Å²) in [5.41, 5.74) is 2.88. The standard InChI is InChI=1S/C16H16N4O/c1-20-16(17-11-12-5-3-2-4-6-12)15(18-19-20)13-7-9-14(21)10-8-13/h2-10,17,21H,11H2,1H3. The lowest BCUT2D eigenvalue weighted by atomic mass is 10.1. The number of hydrogen-bond acceptors (Lipinski definition) is 4. The molecular formula is C16H16N4O. The summed E-state index contributed by atoms with van der Waals surface area (Å²) in [6.07, 6.45) is 0. The number of aromatic nitrogens is 3. The quantitative estimate of drug-likeness (QED) is 0.771. The number of hydrogen-bond donors (Lipinski definition) is 2. The Morgan fingerprint density at radius 1 is 1.05 bits per heavy atom. The summed E-state index contributed by atoms with van der Waals surface area (Å²) in [6, 6.07) is 17.1. The summed E-state index contributed by atoms with van der Waals surface area (Å²) >= 11 is 0. The van der Waals surface area contributed by atoms with E-state index >= 15 is 0 Å². The first-order chi connectivity index (χ1) is 10.2. The minimum absolute atomic E-state index is 0.237. The smallest absolute Gasteiger partial charge is 0.152 e. The lowest BCUT2D eigenvalue weighted by Crippen LogP contribution is -2.05. The normalized spacial score (nSPS) is 10.5. The maximum absolute atomic E-state index is 9.37. The predicted octanol–water partition coefficient (Wildman–Crippen LogP) is 2.80. The van der Waals surface area contributed by atoms with Crippen LogP contribution in [0.4, 0.5) is 5.82 Å². The number of nitrogens with zero attached hydrogens (tertiary/aromatic N) is 3. The summed E-state index contributed by atoms with van der Waals surface area (Å²) in [6.45, 7) is 0.702. The van der Waals surface area contributed by atoms with Crippen molar-refractivity contribution in [3.8, 4) is 17.0 Å². The first-order valence-electron chi connectivity index (χ1n) is 6.71. The van der Waals surface area contributed by atoms with E-state index in [0.717, 1.165) is 17.1 Å². The average Bonchev–Trinajstić information content (AvgIpc) is 2.88. The van der Waals surface area contributed by atoms with Gasteiger partial charge in [0.1, 0.15) is 11.4 Å². The van der Waals surface area contributed by atoms with E-state index in [2.05, 4.69) is 27.8 Å². The summed E-state index contributed by atoms with van der Waals surface area (Å²) in [4.78, 5) is 0. The average molecular weight is 280 g/mol. The maximum atomic E-state index is 9.37. The zero-order valence-electron chi connectivity index (χ0n) is 11.7. The molecule has 5 heteroatoms. The first-order valence-corrected chi connectivity index (χ1v) is 6.71. The van der Waals surface area contributed by atoms with Crippen molar-refractivity contribution in [2.45, 2.75) is 6.54 Å². The van der Waals surface area contributed by atoms with Crippen molar-refractivity contribution in [1.29, 1.82) is 0 Å². The van der Waals surface area contributed by atoms with Crippen LogP contribution in [0, 0.1) is 0 Å². The molecule has 3 rings (SSSR count). The molecule has 0 radical (unpaired) electrons. The highest BCUT2D eigenvalue weighted by Gasteiger charge is 2.12. The van der Waals surface area contributed by atoms with E-state index in [1.165, 1.54) is 5.56 Å². The van der Waals surface area contributed by atoms with Crippen LogP contribution < -0.4 is 5.32 Å². The minimum atomic E-state index is 0.237. The predicted molar refractivity (Wildman–Crippen MR) is 81.9 cm³/mol. The van der Waals surface area contributed by atoms with Gasteiger partial charge in [0, 0.05) is 19.2 Å². The third kappa shape index (κ3) is 2.86. The zero-order chi connectivity index (χ0) is 14.7. The van der Waals surface area contributed by atoms with Gasteiger partial charge in [0.05, 0.1) is 0 Å². The van der Waals surface area contributed by atoms with E-state index in [4.69, 9.17) is 0 Å². The number of rotatable bonds is 4. The van der Waals surface area contributed by atoms with Crippen molar-refractivity contribution in [1.82, 2.24) is 15.0 Å². The molecule has 2 aromatic carbocycles. The second kappa shape index (κ2) is 5.66. The van der Waals surface area contributed by atoms with Gasteiger partial charge < -0.3 is 10.4 Å². The molecule has 2 N–H and O–H groups in total. The van der Waals surface area contributed by atoms with Crippen molar-refractivity contribution < 1.29 is 5.11 Å². The second-order valence-electron chi connectivity index (χ2n) is 4.80. The third-order valence-corrected chi connectivity index (χ3v) is 3.27. The molecule has 0 saturated heterocycles. The molecule has 0 atom stereocenters. The highest BCUT2D eigenvalue weighted by molar-refractivity contribution is 5.71. The summed E-state index contributed by atoms with van der Waals surface area (Å²) in [5.74, 6) is 1.09. The van der Waals surface area contributed by atoms with Crippen LogP contribution in [0.25, 0.3) is 11.3 Å². The van der Waals surface area contributed by atoms with Gasteiger partial charge in [-0.25, -0.2) is 4.68 Å².